The molecule has 0 heterocycles. The molecule has 2 fully saturated rings. The Kier molecular flexibility index (Phi) is 3.08. The number of nitrogens with two attached hydrogens (primary N) is 1. The summed E-state index contributed by atoms with van der Waals surface area (Å²) in [4.78, 5) is 14.6. The molecule has 0 atom stereocenters. The van der Waals surface area contributed by atoms with Gasteiger partial charge in [-0.25, -0.2) is 0 Å². The van der Waals surface area contributed by atoms with Crippen molar-refractivity contribution in [3.63, 3.8) is 0 Å². The van der Waals surface area contributed by atoms with E-state index < -0.39 is 0 Å². The Hall–Kier alpha value is -1.35. The fraction of sp³-hybridized carbons (Fsp3) is 0.533. The fourth-order valence-electron chi connectivity index (χ4n) is 2.31. The third-order valence-corrected chi connectivity index (χ3v) is 3.84. The quantitative estimate of drug-likeness (QED) is 0.862. The van der Waals surface area contributed by atoms with Crippen LogP contribution in [-0.4, -0.2) is 23.4 Å². The summed E-state index contributed by atoms with van der Waals surface area (Å²) in [5, 5.41) is 0. The van der Waals surface area contributed by atoms with Crippen LogP contribution in [0.4, 0.5) is 0 Å². The minimum atomic E-state index is 0.202. The lowest BCUT2D eigenvalue weighted by Gasteiger charge is -2.22. The largest absolute Gasteiger partial charge is 0.335 e. The van der Waals surface area contributed by atoms with Crippen molar-refractivity contribution < 1.29 is 4.79 Å². The number of carbonyl (C=O) groups is 1. The lowest BCUT2D eigenvalue weighted by Crippen LogP contribution is -2.34. The molecule has 1 amide bonds. The summed E-state index contributed by atoms with van der Waals surface area (Å²) in [6.07, 6.45) is 4.95. The van der Waals surface area contributed by atoms with Crippen molar-refractivity contribution in [2.45, 2.75) is 38.3 Å². The second-order valence-electron chi connectivity index (χ2n) is 5.53. The van der Waals surface area contributed by atoms with E-state index >= 15 is 0 Å². The van der Waals surface area contributed by atoms with Gasteiger partial charge in [0.25, 0.3) is 5.91 Å². The second-order valence-corrected chi connectivity index (χ2v) is 5.53. The van der Waals surface area contributed by atoms with Gasteiger partial charge in [-0.2, -0.15) is 0 Å². The van der Waals surface area contributed by atoms with Gasteiger partial charge in [0, 0.05) is 24.7 Å². The number of carbonyl (C=O) groups excluding carboxylic acids is 1. The average molecular weight is 244 g/mol. The first kappa shape index (κ1) is 11.7. The van der Waals surface area contributed by atoms with Crippen LogP contribution < -0.4 is 5.73 Å². The molecule has 3 heteroatoms. The van der Waals surface area contributed by atoms with Crippen LogP contribution in [0.3, 0.4) is 0 Å². The maximum Gasteiger partial charge on any atom is 0.254 e. The summed E-state index contributed by atoms with van der Waals surface area (Å²) in [6.45, 7) is 1.49. The van der Waals surface area contributed by atoms with E-state index in [2.05, 4.69) is 4.90 Å². The molecule has 96 valence electrons. The number of hydrogen-bond acceptors (Lipinski definition) is 2. The van der Waals surface area contributed by atoms with Gasteiger partial charge in [-0.1, -0.05) is 12.1 Å². The van der Waals surface area contributed by atoms with Crippen molar-refractivity contribution >= 4 is 5.91 Å². The molecular formula is C15H20N2O. The van der Waals surface area contributed by atoms with Crippen LogP contribution in [0.25, 0.3) is 0 Å². The van der Waals surface area contributed by atoms with E-state index in [1.54, 1.807) is 0 Å². The second kappa shape index (κ2) is 4.73. The highest BCUT2D eigenvalue weighted by Crippen LogP contribution is 2.35. The first-order valence-electron chi connectivity index (χ1n) is 6.88. The first-order chi connectivity index (χ1) is 8.78. The van der Waals surface area contributed by atoms with Crippen molar-refractivity contribution in [1.29, 1.82) is 0 Å². The third-order valence-electron chi connectivity index (χ3n) is 3.84. The Bertz CT molecular complexity index is 432. The summed E-state index contributed by atoms with van der Waals surface area (Å²) in [5.41, 5.74) is 7.45. The summed E-state index contributed by atoms with van der Waals surface area (Å²) >= 11 is 0. The van der Waals surface area contributed by atoms with Gasteiger partial charge in [0.15, 0.2) is 0 Å². The molecule has 1 aromatic rings. The highest BCUT2D eigenvalue weighted by molar-refractivity contribution is 5.94. The van der Waals surface area contributed by atoms with E-state index in [1.165, 1.54) is 25.7 Å². The standard InChI is InChI=1S/C15H20N2O/c16-9-11-3-5-13(6-4-11)15(18)17(14-7-8-14)10-12-1-2-12/h3-6,12,14H,1-2,7-10,16H2. The zero-order chi connectivity index (χ0) is 12.5. The van der Waals surface area contributed by atoms with Gasteiger partial charge < -0.3 is 10.6 Å². The topological polar surface area (TPSA) is 46.3 Å². The molecule has 3 rings (SSSR count). The number of hydrogen-bond donors (Lipinski definition) is 1. The van der Waals surface area contributed by atoms with Gasteiger partial charge in [-0.05, 0) is 49.3 Å². The molecule has 2 aliphatic carbocycles. The summed E-state index contributed by atoms with van der Waals surface area (Å²) in [5.74, 6) is 0.964. The van der Waals surface area contributed by atoms with Crippen LogP contribution in [0, 0.1) is 5.92 Å². The molecule has 2 saturated carbocycles. The van der Waals surface area contributed by atoms with Crippen LogP contribution in [0.1, 0.15) is 41.6 Å². The maximum absolute atomic E-state index is 12.5. The van der Waals surface area contributed by atoms with Gasteiger partial charge in [-0.15, -0.1) is 0 Å². The molecule has 1 aromatic carbocycles. The zero-order valence-corrected chi connectivity index (χ0v) is 10.6. The van der Waals surface area contributed by atoms with Crippen molar-refractivity contribution in [3.8, 4) is 0 Å². The molecule has 2 N–H and O–H groups in total. The van der Waals surface area contributed by atoms with E-state index in [1.807, 2.05) is 24.3 Å². The van der Waals surface area contributed by atoms with Gasteiger partial charge >= 0.3 is 0 Å². The zero-order valence-electron chi connectivity index (χ0n) is 10.6. The highest BCUT2D eigenvalue weighted by Gasteiger charge is 2.36. The minimum absolute atomic E-state index is 0.202. The summed E-state index contributed by atoms with van der Waals surface area (Å²) in [6, 6.07) is 8.23. The average Bonchev–Trinajstić information content (AvgIpc) is 3.28. The first-order valence-corrected chi connectivity index (χ1v) is 6.88. The highest BCUT2D eigenvalue weighted by atomic mass is 16.2. The Morgan fingerprint density at radius 3 is 2.33 bits per heavy atom. The molecule has 0 radical (unpaired) electrons. The smallest absolute Gasteiger partial charge is 0.254 e. The molecule has 0 aromatic heterocycles. The van der Waals surface area contributed by atoms with Crippen molar-refractivity contribution in [2.75, 3.05) is 6.54 Å². The number of rotatable bonds is 5. The van der Waals surface area contributed by atoms with E-state index in [-0.39, 0.29) is 5.91 Å². The Balaban J connectivity index is 1.73. The van der Waals surface area contributed by atoms with Crippen LogP contribution in [0.2, 0.25) is 0 Å². The van der Waals surface area contributed by atoms with Crippen LogP contribution in [0.15, 0.2) is 24.3 Å². The van der Waals surface area contributed by atoms with Crippen molar-refractivity contribution in [1.82, 2.24) is 4.90 Å². The Labute approximate surface area is 108 Å². The SMILES string of the molecule is NCc1ccc(C(=O)N(CC2CC2)C2CC2)cc1. The Morgan fingerprint density at radius 1 is 1.17 bits per heavy atom. The molecule has 0 saturated heterocycles. The van der Waals surface area contributed by atoms with Gasteiger partial charge in [0.2, 0.25) is 0 Å². The van der Waals surface area contributed by atoms with E-state index in [4.69, 9.17) is 5.73 Å². The van der Waals surface area contributed by atoms with E-state index in [0.717, 1.165) is 23.6 Å². The monoisotopic (exact) mass is 244 g/mol. The van der Waals surface area contributed by atoms with Crippen molar-refractivity contribution in [3.05, 3.63) is 35.4 Å². The normalized spacial score (nSPS) is 18.7. The van der Waals surface area contributed by atoms with E-state index in [9.17, 15) is 4.79 Å². The van der Waals surface area contributed by atoms with Crippen LogP contribution in [0.5, 0.6) is 0 Å². The molecule has 0 bridgehead atoms. The molecule has 2 aliphatic rings. The lowest BCUT2D eigenvalue weighted by atomic mass is 10.1. The predicted molar refractivity (Wildman–Crippen MR) is 71.1 cm³/mol. The lowest BCUT2D eigenvalue weighted by molar-refractivity contribution is 0.0735. The van der Waals surface area contributed by atoms with Gasteiger partial charge in [0.05, 0.1) is 0 Å². The van der Waals surface area contributed by atoms with Crippen molar-refractivity contribution in [2.24, 2.45) is 11.7 Å². The van der Waals surface area contributed by atoms with Crippen LogP contribution in [-0.2, 0) is 6.54 Å². The summed E-state index contributed by atoms with van der Waals surface area (Å²) < 4.78 is 0. The molecular weight excluding hydrogens is 224 g/mol. The molecule has 18 heavy (non-hydrogen) atoms. The molecule has 0 aliphatic heterocycles. The molecule has 0 spiro atoms. The summed E-state index contributed by atoms with van der Waals surface area (Å²) in [7, 11) is 0. The van der Waals surface area contributed by atoms with E-state index in [0.29, 0.717) is 12.6 Å². The van der Waals surface area contributed by atoms with Gasteiger partial charge in [0.1, 0.15) is 0 Å². The Morgan fingerprint density at radius 2 is 1.83 bits per heavy atom. The number of benzene rings is 1. The number of nitrogens with zero attached hydrogens (tertiary/aromatic N) is 1. The molecule has 3 nitrogen and oxygen atoms in total. The maximum atomic E-state index is 12.5. The fourth-order valence-corrected chi connectivity index (χ4v) is 2.31. The van der Waals surface area contributed by atoms with Crippen LogP contribution >= 0.6 is 0 Å². The third kappa shape index (κ3) is 2.56. The molecule has 0 unspecified atom stereocenters. The number of amides is 1. The predicted octanol–water partition coefficient (Wildman–Crippen LogP) is 2.16. The van der Waals surface area contributed by atoms with Gasteiger partial charge in [-0.3, -0.25) is 4.79 Å². The minimum Gasteiger partial charge on any atom is -0.335 e.